The van der Waals surface area contributed by atoms with Gasteiger partial charge in [0.05, 0.1) is 12.7 Å². The molecule has 0 radical (unpaired) electrons. The fraction of sp³-hybridized carbons (Fsp3) is 0.125. The van der Waals surface area contributed by atoms with Crippen molar-refractivity contribution in [2.45, 2.75) is 6.92 Å². The molecule has 0 saturated carbocycles. The summed E-state index contributed by atoms with van der Waals surface area (Å²) < 4.78 is 5.98. The zero-order chi connectivity index (χ0) is 16.1. The van der Waals surface area contributed by atoms with Gasteiger partial charge in [0.1, 0.15) is 5.75 Å². The van der Waals surface area contributed by atoms with Crippen LogP contribution in [-0.2, 0) is 4.79 Å². The molecular formula is C16H15BrN2O3. The van der Waals surface area contributed by atoms with Crippen LogP contribution < -0.4 is 15.4 Å². The predicted molar refractivity (Wildman–Crippen MR) is 89.4 cm³/mol. The van der Waals surface area contributed by atoms with Crippen LogP contribution in [0.3, 0.4) is 0 Å². The minimum Gasteiger partial charge on any atom is -0.496 e. The van der Waals surface area contributed by atoms with Crippen molar-refractivity contribution in [3.05, 3.63) is 52.5 Å². The van der Waals surface area contributed by atoms with Crippen LogP contribution in [0.25, 0.3) is 0 Å². The number of hydrogen-bond acceptors (Lipinski definition) is 3. The molecule has 2 amide bonds. The fourth-order valence-electron chi connectivity index (χ4n) is 1.90. The number of amides is 2. The van der Waals surface area contributed by atoms with Crippen LogP contribution in [0.5, 0.6) is 5.75 Å². The molecule has 2 aromatic rings. The Bertz CT molecular complexity index is 699. The molecule has 6 heteroatoms. The van der Waals surface area contributed by atoms with Gasteiger partial charge in [0.15, 0.2) is 0 Å². The van der Waals surface area contributed by atoms with Crippen LogP contribution in [0.1, 0.15) is 17.3 Å². The first-order valence-corrected chi connectivity index (χ1v) is 7.31. The average molecular weight is 363 g/mol. The maximum absolute atomic E-state index is 12.3. The van der Waals surface area contributed by atoms with E-state index in [4.69, 9.17) is 4.74 Å². The van der Waals surface area contributed by atoms with Crippen molar-refractivity contribution < 1.29 is 14.3 Å². The topological polar surface area (TPSA) is 67.4 Å². The highest BCUT2D eigenvalue weighted by atomic mass is 79.9. The molecule has 0 atom stereocenters. The Morgan fingerprint density at radius 3 is 2.14 bits per heavy atom. The van der Waals surface area contributed by atoms with Crippen LogP contribution in [0.4, 0.5) is 11.4 Å². The molecule has 0 aromatic heterocycles. The molecule has 0 aliphatic heterocycles. The van der Waals surface area contributed by atoms with E-state index in [2.05, 4.69) is 26.6 Å². The van der Waals surface area contributed by atoms with Gasteiger partial charge in [-0.05, 0) is 42.5 Å². The maximum atomic E-state index is 12.3. The van der Waals surface area contributed by atoms with Crippen LogP contribution in [0.15, 0.2) is 46.9 Å². The largest absolute Gasteiger partial charge is 0.496 e. The van der Waals surface area contributed by atoms with E-state index in [0.717, 1.165) is 4.47 Å². The summed E-state index contributed by atoms with van der Waals surface area (Å²) in [5.74, 6) is 0.0802. The summed E-state index contributed by atoms with van der Waals surface area (Å²) >= 11 is 3.34. The van der Waals surface area contributed by atoms with E-state index in [0.29, 0.717) is 22.7 Å². The first-order chi connectivity index (χ1) is 10.5. The number of rotatable bonds is 4. The van der Waals surface area contributed by atoms with Crippen molar-refractivity contribution in [1.29, 1.82) is 0 Å². The Morgan fingerprint density at radius 1 is 1.00 bits per heavy atom. The van der Waals surface area contributed by atoms with Crippen molar-refractivity contribution in [1.82, 2.24) is 0 Å². The number of hydrogen-bond donors (Lipinski definition) is 2. The van der Waals surface area contributed by atoms with Crippen molar-refractivity contribution in [3.8, 4) is 5.75 Å². The predicted octanol–water partition coefficient (Wildman–Crippen LogP) is 3.67. The van der Waals surface area contributed by atoms with Gasteiger partial charge < -0.3 is 15.4 Å². The molecule has 2 N–H and O–H groups in total. The Labute approximate surface area is 136 Å². The van der Waals surface area contributed by atoms with Gasteiger partial charge in [0.2, 0.25) is 5.91 Å². The summed E-state index contributed by atoms with van der Waals surface area (Å²) in [5, 5.41) is 5.45. The van der Waals surface area contributed by atoms with Crippen LogP contribution in [-0.4, -0.2) is 18.9 Å². The molecule has 0 bridgehead atoms. The Hall–Kier alpha value is -2.34. The highest BCUT2D eigenvalue weighted by Gasteiger charge is 2.13. The highest BCUT2D eigenvalue weighted by Crippen LogP contribution is 2.24. The minimum absolute atomic E-state index is 0.143. The highest BCUT2D eigenvalue weighted by molar-refractivity contribution is 9.10. The fourth-order valence-corrected chi connectivity index (χ4v) is 2.26. The summed E-state index contributed by atoms with van der Waals surface area (Å²) in [5.41, 5.74) is 1.73. The molecule has 2 rings (SSSR count). The zero-order valence-corrected chi connectivity index (χ0v) is 13.7. The molecular weight excluding hydrogens is 348 g/mol. The third-order valence-electron chi connectivity index (χ3n) is 2.87. The quantitative estimate of drug-likeness (QED) is 0.871. The van der Waals surface area contributed by atoms with Crippen molar-refractivity contribution in [2.75, 3.05) is 17.7 Å². The lowest BCUT2D eigenvalue weighted by molar-refractivity contribution is -0.114. The molecule has 0 aliphatic rings. The number of halogens is 1. The van der Waals surface area contributed by atoms with E-state index in [1.165, 1.54) is 14.0 Å². The number of nitrogens with one attached hydrogen (secondary N) is 2. The number of carbonyl (C=O) groups excluding carboxylic acids is 2. The average Bonchev–Trinajstić information content (AvgIpc) is 2.48. The van der Waals surface area contributed by atoms with Crippen LogP contribution >= 0.6 is 15.9 Å². The Kier molecular flexibility index (Phi) is 5.16. The Balaban J connectivity index is 2.15. The third kappa shape index (κ3) is 4.08. The zero-order valence-electron chi connectivity index (χ0n) is 12.1. The first kappa shape index (κ1) is 16.0. The standard InChI is InChI=1S/C16H15BrN2O3/c1-10(20)18-12-4-6-13(7-5-12)19-16(21)14-9-11(17)3-8-15(14)22-2/h3-9H,1-2H3,(H,18,20)(H,19,21). The maximum Gasteiger partial charge on any atom is 0.259 e. The lowest BCUT2D eigenvalue weighted by Crippen LogP contribution is -2.13. The summed E-state index contributed by atoms with van der Waals surface area (Å²) in [6.07, 6.45) is 0. The Morgan fingerprint density at radius 2 is 1.59 bits per heavy atom. The van der Waals surface area contributed by atoms with Gasteiger partial charge in [-0.1, -0.05) is 15.9 Å². The second kappa shape index (κ2) is 7.09. The second-order valence-corrected chi connectivity index (χ2v) is 5.47. The minimum atomic E-state index is -0.273. The van der Waals surface area contributed by atoms with E-state index in [1.54, 1.807) is 42.5 Å². The van der Waals surface area contributed by atoms with Crippen LogP contribution in [0.2, 0.25) is 0 Å². The number of ether oxygens (including phenoxy) is 1. The number of benzene rings is 2. The monoisotopic (exact) mass is 362 g/mol. The van der Waals surface area contributed by atoms with Gasteiger partial charge in [-0.3, -0.25) is 9.59 Å². The SMILES string of the molecule is COc1ccc(Br)cc1C(=O)Nc1ccc(NC(C)=O)cc1. The molecule has 22 heavy (non-hydrogen) atoms. The van der Waals surface area contributed by atoms with E-state index in [-0.39, 0.29) is 11.8 Å². The molecule has 114 valence electrons. The molecule has 0 aliphatic carbocycles. The molecule has 0 fully saturated rings. The smallest absolute Gasteiger partial charge is 0.259 e. The molecule has 0 heterocycles. The van der Waals surface area contributed by atoms with Gasteiger partial charge >= 0.3 is 0 Å². The van der Waals surface area contributed by atoms with E-state index in [1.807, 2.05) is 0 Å². The van der Waals surface area contributed by atoms with Gasteiger partial charge in [-0.15, -0.1) is 0 Å². The molecule has 2 aromatic carbocycles. The number of methoxy groups -OCH3 is 1. The lowest BCUT2D eigenvalue weighted by atomic mass is 10.2. The molecule has 0 unspecified atom stereocenters. The van der Waals surface area contributed by atoms with Crippen molar-refractivity contribution >= 4 is 39.1 Å². The third-order valence-corrected chi connectivity index (χ3v) is 3.36. The lowest BCUT2D eigenvalue weighted by Gasteiger charge is -2.10. The van der Waals surface area contributed by atoms with E-state index in [9.17, 15) is 9.59 Å². The number of anilines is 2. The van der Waals surface area contributed by atoms with Gasteiger partial charge in [0.25, 0.3) is 5.91 Å². The summed E-state index contributed by atoms with van der Waals surface area (Å²) in [7, 11) is 1.52. The molecule has 0 spiro atoms. The summed E-state index contributed by atoms with van der Waals surface area (Å²) in [6.45, 7) is 1.44. The first-order valence-electron chi connectivity index (χ1n) is 6.52. The van der Waals surface area contributed by atoms with Gasteiger partial charge in [-0.2, -0.15) is 0 Å². The molecule has 0 saturated heterocycles. The second-order valence-electron chi connectivity index (χ2n) is 4.56. The number of carbonyl (C=O) groups is 2. The summed E-state index contributed by atoms with van der Waals surface area (Å²) in [6, 6.07) is 12.1. The van der Waals surface area contributed by atoms with E-state index >= 15 is 0 Å². The summed E-state index contributed by atoms with van der Waals surface area (Å²) in [4.78, 5) is 23.3. The van der Waals surface area contributed by atoms with Crippen LogP contribution in [0, 0.1) is 0 Å². The van der Waals surface area contributed by atoms with Gasteiger partial charge in [0, 0.05) is 22.8 Å². The normalized spacial score (nSPS) is 9.95. The molecule has 5 nitrogen and oxygen atoms in total. The van der Waals surface area contributed by atoms with Crippen molar-refractivity contribution in [2.24, 2.45) is 0 Å². The van der Waals surface area contributed by atoms with Gasteiger partial charge in [-0.25, -0.2) is 0 Å². The van der Waals surface area contributed by atoms with Crippen molar-refractivity contribution in [3.63, 3.8) is 0 Å². The van der Waals surface area contributed by atoms with E-state index < -0.39 is 0 Å².